The van der Waals surface area contributed by atoms with Gasteiger partial charge in [0.05, 0.1) is 5.75 Å². The molecule has 1 aromatic carbocycles. The molecule has 0 aliphatic rings. The Hall–Kier alpha value is -2.02. The van der Waals surface area contributed by atoms with Gasteiger partial charge in [-0.25, -0.2) is 0 Å². The van der Waals surface area contributed by atoms with E-state index in [4.69, 9.17) is 10.5 Å². The normalized spacial score (nSPS) is 10.6. The molecule has 2 aromatic rings. The average molecular weight is 306 g/mol. The highest BCUT2D eigenvalue weighted by Crippen LogP contribution is 2.21. The van der Waals surface area contributed by atoms with Gasteiger partial charge in [0.1, 0.15) is 12.4 Å². The number of thioether (sulfide) groups is 1. The Morgan fingerprint density at radius 3 is 2.86 bits per heavy atom. The van der Waals surface area contributed by atoms with Crippen LogP contribution in [0.3, 0.4) is 0 Å². The van der Waals surface area contributed by atoms with E-state index in [9.17, 15) is 4.79 Å². The number of carbonyl (C=O) groups excluding carboxylic acids is 1. The lowest BCUT2D eigenvalue weighted by molar-refractivity contribution is -0.115. The highest BCUT2D eigenvalue weighted by Gasteiger charge is 2.11. The molecule has 7 heteroatoms. The van der Waals surface area contributed by atoms with Crippen LogP contribution in [0.4, 0.5) is 0 Å². The minimum atomic E-state index is -0.379. The number of hydrogen-bond acceptors (Lipinski definition) is 5. The molecule has 0 aliphatic carbocycles. The second-order valence-corrected chi connectivity index (χ2v) is 5.71. The van der Waals surface area contributed by atoms with Crippen LogP contribution in [0.25, 0.3) is 0 Å². The van der Waals surface area contributed by atoms with Crippen LogP contribution >= 0.6 is 11.8 Å². The zero-order valence-electron chi connectivity index (χ0n) is 12.3. The number of nitrogens with zero attached hydrogens (tertiary/aromatic N) is 3. The number of rotatable bonds is 6. The molecule has 0 fully saturated rings. The number of benzene rings is 1. The van der Waals surface area contributed by atoms with E-state index in [-0.39, 0.29) is 11.7 Å². The SMILES string of the molecule is Cc1ccc(C)c(OCc2nnc(SCC(N)=O)n2C)c1. The highest BCUT2D eigenvalue weighted by atomic mass is 32.2. The van der Waals surface area contributed by atoms with Gasteiger partial charge in [0.25, 0.3) is 0 Å². The van der Waals surface area contributed by atoms with Crippen LogP contribution in [0.2, 0.25) is 0 Å². The maximum Gasteiger partial charge on any atom is 0.227 e. The van der Waals surface area contributed by atoms with Crippen molar-refractivity contribution in [1.82, 2.24) is 14.8 Å². The van der Waals surface area contributed by atoms with E-state index in [1.165, 1.54) is 11.8 Å². The molecule has 0 spiro atoms. The van der Waals surface area contributed by atoms with Gasteiger partial charge in [-0.3, -0.25) is 4.79 Å². The van der Waals surface area contributed by atoms with E-state index in [2.05, 4.69) is 10.2 Å². The molecule has 1 amide bonds. The third-order valence-electron chi connectivity index (χ3n) is 2.97. The minimum absolute atomic E-state index is 0.184. The third kappa shape index (κ3) is 3.98. The molecule has 0 radical (unpaired) electrons. The summed E-state index contributed by atoms with van der Waals surface area (Å²) in [4.78, 5) is 10.8. The Bertz CT molecular complexity index is 654. The van der Waals surface area contributed by atoms with Crippen molar-refractivity contribution in [2.45, 2.75) is 25.6 Å². The maximum atomic E-state index is 10.8. The van der Waals surface area contributed by atoms with Crippen LogP contribution < -0.4 is 10.5 Å². The summed E-state index contributed by atoms with van der Waals surface area (Å²) in [5, 5.41) is 8.75. The summed E-state index contributed by atoms with van der Waals surface area (Å²) in [7, 11) is 1.84. The second kappa shape index (κ2) is 6.62. The molecule has 0 saturated carbocycles. The highest BCUT2D eigenvalue weighted by molar-refractivity contribution is 7.99. The molecular weight excluding hydrogens is 288 g/mol. The first-order chi connectivity index (χ1) is 9.97. The average Bonchev–Trinajstić information content (AvgIpc) is 2.78. The van der Waals surface area contributed by atoms with Crippen LogP contribution in [0.5, 0.6) is 5.75 Å². The third-order valence-corrected chi connectivity index (χ3v) is 4.01. The Morgan fingerprint density at radius 2 is 2.14 bits per heavy atom. The number of amides is 1. The fourth-order valence-electron chi connectivity index (χ4n) is 1.74. The quantitative estimate of drug-likeness (QED) is 0.819. The van der Waals surface area contributed by atoms with E-state index in [0.29, 0.717) is 17.6 Å². The number of primary amides is 1. The van der Waals surface area contributed by atoms with Crippen LogP contribution in [0.15, 0.2) is 23.4 Å². The molecular formula is C14H18N4O2S. The Morgan fingerprint density at radius 1 is 1.38 bits per heavy atom. The van der Waals surface area contributed by atoms with E-state index in [1.807, 2.05) is 39.1 Å². The lowest BCUT2D eigenvalue weighted by atomic mass is 10.1. The summed E-state index contributed by atoms with van der Waals surface area (Å²) in [5.74, 6) is 1.34. The fraction of sp³-hybridized carbons (Fsp3) is 0.357. The summed E-state index contributed by atoms with van der Waals surface area (Å²) >= 11 is 1.26. The van der Waals surface area contributed by atoms with E-state index < -0.39 is 0 Å². The van der Waals surface area contributed by atoms with E-state index >= 15 is 0 Å². The van der Waals surface area contributed by atoms with Crippen molar-refractivity contribution < 1.29 is 9.53 Å². The summed E-state index contributed by atoms with van der Waals surface area (Å²) in [6.45, 7) is 4.34. The largest absolute Gasteiger partial charge is 0.485 e. The van der Waals surface area contributed by atoms with Gasteiger partial charge in [0.15, 0.2) is 11.0 Å². The van der Waals surface area contributed by atoms with Crippen LogP contribution in [0, 0.1) is 13.8 Å². The standard InChI is InChI=1S/C14H18N4O2S/c1-9-4-5-10(2)11(6-9)20-7-13-16-17-14(18(13)3)21-8-12(15)19/h4-6H,7-8H2,1-3H3,(H2,15,19). The number of ether oxygens (including phenoxy) is 1. The number of aromatic nitrogens is 3. The first-order valence-electron chi connectivity index (χ1n) is 6.47. The van der Waals surface area contributed by atoms with Crippen molar-refractivity contribution in [2.24, 2.45) is 12.8 Å². The fourth-order valence-corrected chi connectivity index (χ4v) is 2.41. The molecule has 2 N–H and O–H groups in total. The number of carbonyl (C=O) groups is 1. The van der Waals surface area contributed by atoms with Crippen molar-refractivity contribution in [3.05, 3.63) is 35.2 Å². The lowest BCUT2D eigenvalue weighted by Crippen LogP contribution is -2.13. The van der Waals surface area contributed by atoms with E-state index in [0.717, 1.165) is 16.9 Å². The van der Waals surface area contributed by atoms with Gasteiger partial charge in [0.2, 0.25) is 5.91 Å². The van der Waals surface area contributed by atoms with Crippen molar-refractivity contribution in [3.63, 3.8) is 0 Å². The van der Waals surface area contributed by atoms with Gasteiger partial charge in [-0.1, -0.05) is 23.9 Å². The summed E-state index contributed by atoms with van der Waals surface area (Å²) in [5.41, 5.74) is 7.34. The molecule has 2 rings (SSSR count). The van der Waals surface area contributed by atoms with Gasteiger partial charge in [0, 0.05) is 7.05 Å². The molecule has 6 nitrogen and oxygen atoms in total. The monoisotopic (exact) mass is 306 g/mol. The second-order valence-electron chi connectivity index (χ2n) is 4.77. The van der Waals surface area contributed by atoms with Crippen LogP contribution in [-0.4, -0.2) is 26.4 Å². The molecule has 0 aliphatic heterocycles. The molecule has 0 saturated heterocycles. The molecule has 0 unspecified atom stereocenters. The molecule has 21 heavy (non-hydrogen) atoms. The molecule has 112 valence electrons. The Balaban J connectivity index is 2.03. The predicted octanol–water partition coefficient (Wildman–Crippen LogP) is 1.59. The lowest BCUT2D eigenvalue weighted by Gasteiger charge is -2.09. The van der Waals surface area contributed by atoms with Crippen molar-refractivity contribution in [3.8, 4) is 5.75 Å². The first kappa shape index (κ1) is 15.4. The zero-order valence-corrected chi connectivity index (χ0v) is 13.1. The smallest absolute Gasteiger partial charge is 0.227 e. The van der Waals surface area contributed by atoms with E-state index in [1.54, 1.807) is 4.57 Å². The van der Waals surface area contributed by atoms with Crippen LogP contribution in [0.1, 0.15) is 17.0 Å². The van der Waals surface area contributed by atoms with Gasteiger partial charge in [-0.15, -0.1) is 10.2 Å². The Kier molecular flexibility index (Phi) is 4.85. The predicted molar refractivity (Wildman–Crippen MR) is 81.2 cm³/mol. The molecule has 0 atom stereocenters. The maximum absolute atomic E-state index is 10.8. The Labute approximate surface area is 127 Å². The molecule has 1 aromatic heterocycles. The molecule has 0 bridgehead atoms. The topological polar surface area (TPSA) is 83.0 Å². The summed E-state index contributed by atoms with van der Waals surface area (Å²) in [6.07, 6.45) is 0. The zero-order chi connectivity index (χ0) is 15.4. The summed E-state index contributed by atoms with van der Waals surface area (Å²) < 4.78 is 7.60. The summed E-state index contributed by atoms with van der Waals surface area (Å²) in [6, 6.07) is 6.06. The van der Waals surface area contributed by atoms with Gasteiger partial charge in [-0.05, 0) is 31.0 Å². The first-order valence-corrected chi connectivity index (χ1v) is 7.45. The van der Waals surface area contributed by atoms with Crippen molar-refractivity contribution >= 4 is 17.7 Å². The van der Waals surface area contributed by atoms with Crippen molar-refractivity contribution in [1.29, 1.82) is 0 Å². The molecule has 1 heterocycles. The minimum Gasteiger partial charge on any atom is -0.485 e. The van der Waals surface area contributed by atoms with Gasteiger partial charge < -0.3 is 15.0 Å². The number of nitrogens with two attached hydrogens (primary N) is 1. The number of aryl methyl sites for hydroxylation is 2. The van der Waals surface area contributed by atoms with Crippen LogP contribution in [-0.2, 0) is 18.4 Å². The van der Waals surface area contributed by atoms with Crippen molar-refractivity contribution in [2.75, 3.05) is 5.75 Å². The number of hydrogen-bond donors (Lipinski definition) is 1. The van der Waals surface area contributed by atoms with Gasteiger partial charge >= 0.3 is 0 Å². The van der Waals surface area contributed by atoms with Gasteiger partial charge in [-0.2, -0.15) is 0 Å².